The fraction of sp³-hybridized carbons (Fsp3) is 0.889. The Morgan fingerprint density at radius 2 is 2.50 bits per heavy atom. The van der Waals surface area contributed by atoms with Gasteiger partial charge in [-0.25, -0.2) is 0 Å². The van der Waals surface area contributed by atoms with Crippen molar-refractivity contribution >= 4 is 17.7 Å². The Balaban J connectivity index is 2.05. The topological polar surface area (TPSA) is 72.5 Å². The first-order valence-corrected chi connectivity index (χ1v) is 5.92. The SMILES string of the molecule is NC(CCSC1CCCOC1)C(=O)O. The normalized spacial score (nSPS) is 24.5. The smallest absolute Gasteiger partial charge is 0.320 e. The standard InChI is InChI=1S/C9H17NO3S/c10-8(9(11)12)3-5-14-7-2-1-4-13-6-7/h7-8H,1-6,10H2,(H,11,12). The summed E-state index contributed by atoms with van der Waals surface area (Å²) in [6.07, 6.45) is 2.83. The van der Waals surface area contributed by atoms with Crippen LogP contribution in [0.25, 0.3) is 0 Å². The van der Waals surface area contributed by atoms with E-state index in [-0.39, 0.29) is 0 Å². The lowest BCUT2D eigenvalue weighted by molar-refractivity contribution is -0.138. The van der Waals surface area contributed by atoms with Crippen molar-refractivity contribution in [3.63, 3.8) is 0 Å². The minimum atomic E-state index is -0.912. The molecule has 0 aromatic carbocycles. The van der Waals surface area contributed by atoms with Crippen LogP contribution in [0.2, 0.25) is 0 Å². The number of thioether (sulfide) groups is 1. The summed E-state index contributed by atoms with van der Waals surface area (Å²) < 4.78 is 5.32. The van der Waals surface area contributed by atoms with Gasteiger partial charge < -0.3 is 15.6 Å². The molecule has 0 aromatic rings. The van der Waals surface area contributed by atoms with Crippen LogP contribution in [0, 0.1) is 0 Å². The molecule has 1 saturated heterocycles. The van der Waals surface area contributed by atoms with E-state index in [1.807, 2.05) is 0 Å². The molecule has 0 spiro atoms. The van der Waals surface area contributed by atoms with Crippen LogP contribution in [0.15, 0.2) is 0 Å². The van der Waals surface area contributed by atoms with Crippen molar-refractivity contribution in [2.45, 2.75) is 30.6 Å². The van der Waals surface area contributed by atoms with Crippen LogP contribution in [0.5, 0.6) is 0 Å². The van der Waals surface area contributed by atoms with Crippen molar-refractivity contribution in [1.82, 2.24) is 0 Å². The van der Waals surface area contributed by atoms with Gasteiger partial charge in [-0.3, -0.25) is 4.79 Å². The van der Waals surface area contributed by atoms with Gasteiger partial charge in [-0.1, -0.05) is 0 Å². The van der Waals surface area contributed by atoms with Gasteiger partial charge in [0.1, 0.15) is 6.04 Å². The van der Waals surface area contributed by atoms with Gasteiger partial charge in [0.05, 0.1) is 6.61 Å². The maximum atomic E-state index is 10.4. The van der Waals surface area contributed by atoms with Gasteiger partial charge in [-0.05, 0) is 25.0 Å². The number of aliphatic carboxylic acids is 1. The minimum absolute atomic E-state index is 0.532. The molecule has 1 rings (SSSR count). The van der Waals surface area contributed by atoms with Gasteiger partial charge in [-0.15, -0.1) is 0 Å². The largest absolute Gasteiger partial charge is 0.480 e. The molecule has 4 nitrogen and oxygen atoms in total. The average molecular weight is 219 g/mol. The number of nitrogens with two attached hydrogens (primary N) is 1. The lowest BCUT2D eigenvalue weighted by Gasteiger charge is -2.21. The van der Waals surface area contributed by atoms with Crippen molar-refractivity contribution in [3.8, 4) is 0 Å². The summed E-state index contributed by atoms with van der Waals surface area (Å²) in [7, 11) is 0. The molecule has 0 bridgehead atoms. The number of ether oxygens (including phenoxy) is 1. The highest BCUT2D eigenvalue weighted by Crippen LogP contribution is 2.21. The summed E-state index contributed by atoms with van der Waals surface area (Å²) in [5.41, 5.74) is 5.39. The van der Waals surface area contributed by atoms with Gasteiger partial charge in [-0.2, -0.15) is 11.8 Å². The van der Waals surface area contributed by atoms with Gasteiger partial charge in [0.15, 0.2) is 0 Å². The van der Waals surface area contributed by atoms with E-state index >= 15 is 0 Å². The zero-order valence-electron chi connectivity index (χ0n) is 8.15. The van der Waals surface area contributed by atoms with Crippen LogP contribution in [-0.2, 0) is 9.53 Å². The van der Waals surface area contributed by atoms with E-state index in [0.717, 1.165) is 25.4 Å². The predicted molar refractivity (Wildman–Crippen MR) is 56.5 cm³/mol. The Bertz CT molecular complexity index is 183. The second-order valence-electron chi connectivity index (χ2n) is 3.44. The van der Waals surface area contributed by atoms with Gasteiger partial charge in [0, 0.05) is 11.9 Å². The van der Waals surface area contributed by atoms with Crippen LogP contribution >= 0.6 is 11.8 Å². The molecule has 2 unspecified atom stereocenters. The molecule has 0 saturated carbocycles. The summed E-state index contributed by atoms with van der Waals surface area (Å²) in [4.78, 5) is 10.4. The maximum absolute atomic E-state index is 10.4. The molecule has 82 valence electrons. The highest BCUT2D eigenvalue weighted by atomic mass is 32.2. The molecule has 0 radical (unpaired) electrons. The second kappa shape index (κ2) is 6.27. The Labute approximate surface area is 88.2 Å². The number of hydrogen-bond donors (Lipinski definition) is 2. The molecule has 0 amide bonds. The average Bonchev–Trinajstić information content (AvgIpc) is 2.19. The number of rotatable bonds is 5. The molecule has 1 aliphatic heterocycles. The van der Waals surface area contributed by atoms with Crippen molar-refractivity contribution in [1.29, 1.82) is 0 Å². The molecule has 0 aromatic heterocycles. The molecule has 0 aliphatic carbocycles. The highest BCUT2D eigenvalue weighted by Gasteiger charge is 2.16. The number of carboxylic acid groups (broad SMARTS) is 1. The lowest BCUT2D eigenvalue weighted by Crippen LogP contribution is -2.31. The summed E-state index contributed by atoms with van der Waals surface area (Å²) in [5.74, 6) is -0.105. The molecular weight excluding hydrogens is 202 g/mol. The van der Waals surface area contributed by atoms with E-state index in [1.54, 1.807) is 11.8 Å². The van der Waals surface area contributed by atoms with Crippen molar-refractivity contribution in [2.24, 2.45) is 5.73 Å². The molecule has 1 heterocycles. The third-order valence-electron chi connectivity index (χ3n) is 2.22. The van der Waals surface area contributed by atoms with Crippen LogP contribution in [0.1, 0.15) is 19.3 Å². The van der Waals surface area contributed by atoms with Gasteiger partial charge in [0.2, 0.25) is 0 Å². The Kier molecular flexibility index (Phi) is 5.29. The monoisotopic (exact) mass is 219 g/mol. The molecular formula is C9H17NO3S. The zero-order valence-corrected chi connectivity index (χ0v) is 8.96. The number of carbonyl (C=O) groups is 1. The first kappa shape index (κ1) is 11.8. The summed E-state index contributed by atoms with van der Waals surface area (Å²) in [5, 5.41) is 9.09. The third-order valence-corrected chi connectivity index (χ3v) is 3.53. The number of hydrogen-bond acceptors (Lipinski definition) is 4. The van der Waals surface area contributed by atoms with E-state index < -0.39 is 12.0 Å². The fourth-order valence-corrected chi connectivity index (χ4v) is 2.58. The minimum Gasteiger partial charge on any atom is -0.480 e. The third kappa shape index (κ3) is 4.30. The van der Waals surface area contributed by atoms with Gasteiger partial charge >= 0.3 is 5.97 Å². The molecule has 3 N–H and O–H groups in total. The second-order valence-corrected chi connectivity index (χ2v) is 4.85. The van der Waals surface area contributed by atoms with Crippen molar-refractivity contribution < 1.29 is 14.6 Å². The van der Waals surface area contributed by atoms with E-state index in [9.17, 15) is 4.79 Å². The molecule has 2 atom stereocenters. The highest BCUT2D eigenvalue weighted by molar-refractivity contribution is 7.99. The Hall–Kier alpha value is -0.260. The van der Waals surface area contributed by atoms with Crippen LogP contribution in [0.4, 0.5) is 0 Å². The van der Waals surface area contributed by atoms with E-state index in [2.05, 4.69) is 0 Å². The Morgan fingerprint density at radius 1 is 1.71 bits per heavy atom. The number of carboxylic acids is 1. The summed E-state index contributed by atoms with van der Waals surface area (Å²) in [6, 6.07) is -0.716. The summed E-state index contributed by atoms with van der Waals surface area (Å²) >= 11 is 1.77. The van der Waals surface area contributed by atoms with Gasteiger partial charge in [0.25, 0.3) is 0 Å². The van der Waals surface area contributed by atoms with Crippen LogP contribution in [-0.4, -0.2) is 41.3 Å². The first-order valence-electron chi connectivity index (χ1n) is 4.88. The maximum Gasteiger partial charge on any atom is 0.320 e. The van der Waals surface area contributed by atoms with Crippen LogP contribution < -0.4 is 5.73 Å². The molecule has 14 heavy (non-hydrogen) atoms. The zero-order chi connectivity index (χ0) is 10.4. The van der Waals surface area contributed by atoms with Crippen LogP contribution in [0.3, 0.4) is 0 Å². The fourth-order valence-electron chi connectivity index (χ4n) is 1.33. The Morgan fingerprint density at radius 3 is 3.07 bits per heavy atom. The quantitative estimate of drug-likeness (QED) is 0.712. The van der Waals surface area contributed by atoms with Crippen molar-refractivity contribution in [2.75, 3.05) is 19.0 Å². The lowest BCUT2D eigenvalue weighted by atomic mass is 10.2. The molecule has 1 fully saturated rings. The van der Waals surface area contributed by atoms with E-state index in [1.165, 1.54) is 6.42 Å². The molecule has 5 heteroatoms. The van der Waals surface area contributed by atoms with E-state index in [0.29, 0.717) is 11.7 Å². The first-order chi connectivity index (χ1) is 6.70. The predicted octanol–water partition coefficient (Wildman–Crippen LogP) is 0.701. The molecule has 1 aliphatic rings. The summed E-state index contributed by atoms with van der Waals surface area (Å²) in [6.45, 7) is 1.67. The van der Waals surface area contributed by atoms with Crippen molar-refractivity contribution in [3.05, 3.63) is 0 Å². The van der Waals surface area contributed by atoms with E-state index in [4.69, 9.17) is 15.6 Å².